The highest BCUT2D eigenvalue weighted by atomic mass is 15.3. The molecule has 2 nitrogen and oxygen atoms in total. The molecule has 0 aromatic carbocycles. The van der Waals surface area contributed by atoms with Gasteiger partial charge in [-0.15, -0.1) is 0 Å². The summed E-state index contributed by atoms with van der Waals surface area (Å²) in [6.07, 6.45) is 5.53. The number of nitrogens with zero attached hydrogens (tertiary/aromatic N) is 1. The molecule has 18 heavy (non-hydrogen) atoms. The van der Waals surface area contributed by atoms with Crippen LogP contribution in [0.4, 0.5) is 0 Å². The van der Waals surface area contributed by atoms with Crippen molar-refractivity contribution in [1.82, 2.24) is 10.2 Å². The first-order chi connectivity index (χ1) is 8.41. The van der Waals surface area contributed by atoms with Crippen LogP contribution in [-0.2, 0) is 0 Å². The molecule has 1 aliphatic carbocycles. The highest BCUT2D eigenvalue weighted by Gasteiger charge is 2.49. The lowest BCUT2D eigenvalue weighted by Gasteiger charge is -2.52. The standard InChI is InChI=1S/C16H32N2/c1-6-13(7-2)10-18-12-15(3,4)17-11-16(18,5)14-8-9-14/h13-14,17H,6-12H2,1-5H3. The van der Waals surface area contributed by atoms with Gasteiger partial charge in [0.25, 0.3) is 0 Å². The SMILES string of the molecule is CCC(CC)CN1CC(C)(C)NCC1(C)C1CC1. The van der Waals surface area contributed by atoms with E-state index < -0.39 is 0 Å². The normalized spacial score (nSPS) is 33.0. The predicted octanol–water partition coefficient (Wildman–Crippen LogP) is 3.28. The zero-order valence-corrected chi connectivity index (χ0v) is 13.1. The van der Waals surface area contributed by atoms with Crippen molar-refractivity contribution in [3.63, 3.8) is 0 Å². The average molecular weight is 252 g/mol. The third-order valence-electron chi connectivity index (χ3n) is 5.32. The molecule has 0 amide bonds. The molecule has 1 N–H and O–H groups in total. The van der Waals surface area contributed by atoms with E-state index in [0.717, 1.165) is 11.8 Å². The van der Waals surface area contributed by atoms with Gasteiger partial charge in [-0.2, -0.15) is 0 Å². The van der Waals surface area contributed by atoms with E-state index >= 15 is 0 Å². The van der Waals surface area contributed by atoms with Crippen LogP contribution in [0.3, 0.4) is 0 Å². The Kier molecular flexibility index (Phi) is 4.08. The number of hydrogen-bond donors (Lipinski definition) is 1. The average Bonchev–Trinajstić information content (AvgIpc) is 3.14. The predicted molar refractivity (Wildman–Crippen MR) is 78.9 cm³/mol. The lowest BCUT2D eigenvalue weighted by molar-refractivity contribution is -0.000433. The van der Waals surface area contributed by atoms with E-state index in [9.17, 15) is 0 Å². The van der Waals surface area contributed by atoms with Crippen molar-refractivity contribution >= 4 is 0 Å². The van der Waals surface area contributed by atoms with E-state index in [0.29, 0.717) is 5.54 Å². The Bertz CT molecular complexity index is 279. The van der Waals surface area contributed by atoms with Gasteiger partial charge in [0.2, 0.25) is 0 Å². The molecule has 2 fully saturated rings. The maximum atomic E-state index is 3.77. The van der Waals surface area contributed by atoms with Crippen LogP contribution in [0, 0.1) is 11.8 Å². The van der Waals surface area contributed by atoms with E-state index in [4.69, 9.17) is 0 Å². The van der Waals surface area contributed by atoms with Crippen LogP contribution >= 0.6 is 0 Å². The smallest absolute Gasteiger partial charge is 0.0334 e. The molecule has 0 aromatic rings. The molecule has 106 valence electrons. The molecule has 1 saturated heterocycles. The van der Waals surface area contributed by atoms with E-state index in [1.165, 1.54) is 45.3 Å². The molecule has 1 atom stereocenters. The van der Waals surface area contributed by atoms with Crippen molar-refractivity contribution in [3.05, 3.63) is 0 Å². The van der Waals surface area contributed by atoms with Crippen LogP contribution < -0.4 is 5.32 Å². The number of rotatable bonds is 5. The maximum absolute atomic E-state index is 3.77. The van der Waals surface area contributed by atoms with E-state index in [1.807, 2.05) is 0 Å². The summed E-state index contributed by atoms with van der Waals surface area (Å²) in [4.78, 5) is 2.82. The quantitative estimate of drug-likeness (QED) is 0.808. The van der Waals surface area contributed by atoms with Gasteiger partial charge in [0.05, 0.1) is 0 Å². The van der Waals surface area contributed by atoms with Crippen molar-refractivity contribution in [1.29, 1.82) is 0 Å². The monoisotopic (exact) mass is 252 g/mol. The van der Waals surface area contributed by atoms with Crippen LogP contribution in [0.25, 0.3) is 0 Å². The summed E-state index contributed by atoms with van der Waals surface area (Å²) in [5, 5.41) is 3.77. The summed E-state index contributed by atoms with van der Waals surface area (Å²) in [5.74, 6) is 1.81. The van der Waals surface area contributed by atoms with Gasteiger partial charge >= 0.3 is 0 Å². The first-order valence-electron chi connectivity index (χ1n) is 7.91. The topological polar surface area (TPSA) is 15.3 Å². The summed E-state index contributed by atoms with van der Waals surface area (Å²) in [5.41, 5.74) is 0.693. The number of hydrogen-bond acceptors (Lipinski definition) is 2. The van der Waals surface area contributed by atoms with Gasteiger partial charge < -0.3 is 5.32 Å². The minimum Gasteiger partial charge on any atom is -0.309 e. The molecule has 2 heteroatoms. The Hall–Kier alpha value is -0.0800. The van der Waals surface area contributed by atoms with Crippen LogP contribution in [0.5, 0.6) is 0 Å². The molecule has 0 radical (unpaired) electrons. The second kappa shape index (κ2) is 5.13. The summed E-state index contributed by atoms with van der Waals surface area (Å²) in [6.45, 7) is 15.5. The van der Waals surface area contributed by atoms with Gasteiger partial charge in [-0.05, 0) is 45.4 Å². The van der Waals surface area contributed by atoms with Crippen LogP contribution in [0.15, 0.2) is 0 Å². The zero-order valence-electron chi connectivity index (χ0n) is 13.1. The fourth-order valence-corrected chi connectivity index (χ4v) is 3.48. The molecule has 0 bridgehead atoms. The Balaban J connectivity index is 2.09. The lowest BCUT2D eigenvalue weighted by atomic mass is 9.84. The third kappa shape index (κ3) is 2.91. The summed E-state index contributed by atoms with van der Waals surface area (Å²) < 4.78 is 0. The number of piperazine rings is 1. The Morgan fingerprint density at radius 1 is 1.17 bits per heavy atom. The van der Waals surface area contributed by atoms with E-state index in [2.05, 4.69) is 44.8 Å². The largest absolute Gasteiger partial charge is 0.309 e. The first kappa shape index (κ1) is 14.3. The van der Waals surface area contributed by atoms with Gasteiger partial charge in [0.15, 0.2) is 0 Å². The van der Waals surface area contributed by atoms with Crippen LogP contribution in [-0.4, -0.2) is 35.6 Å². The molecule has 2 aliphatic rings. The van der Waals surface area contributed by atoms with Gasteiger partial charge in [-0.3, -0.25) is 4.90 Å². The van der Waals surface area contributed by atoms with E-state index in [1.54, 1.807) is 0 Å². The van der Waals surface area contributed by atoms with Crippen molar-refractivity contribution in [2.75, 3.05) is 19.6 Å². The minimum absolute atomic E-state index is 0.278. The van der Waals surface area contributed by atoms with Crippen molar-refractivity contribution in [2.24, 2.45) is 11.8 Å². The highest BCUT2D eigenvalue weighted by molar-refractivity contribution is 5.07. The van der Waals surface area contributed by atoms with Crippen molar-refractivity contribution < 1.29 is 0 Å². The Morgan fingerprint density at radius 3 is 2.28 bits per heavy atom. The van der Waals surface area contributed by atoms with E-state index in [-0.39, 0.29) is 5.54 Å². The second-order valence-corrected chi connectivity index (χ2v) is 7.43. The van der Waals surface area contributed by atoms with Gasteiger partial charge in [0, 0.05) is 30.7 Å². The molecular formula is C16H32N2. The van der Waals surface area contributed by atoms with Crippen molar-refractivity contribution in [2.45, 2.75) is 71.4 Å². The molecule has 0 spiro atoms. The molecule has 0 aromatic heterocycles. The number of nitrogens with one attached hydrogen (secondary N) is 1. The summed E-state index contributed by atoms with van der Waals surface area (Å²) in [6, 6.07) is 0. The molecule has 1 saturated carbocycles. The third-order valence-corrected chi connectivity index (χ3v) is 5.32. The molecule has 1 unspecified atom stereocenters. The van der Waals surface area contributed by atoms with Gasteiger partial charge in [0.1, 0.15) is 0 Å². The Labute approximate surface area is 114 Å². The van der Waals surface area contributed by atoms with Crippen LogP contribution in [0.2, 0.25) is 0 Å². The molecule has 1 heterocycles. The zero-order chi connectivity index (χ0) is 13.4. The second-order valence-electron chi connectivity index (χ2n) is 7.43. The fourth-order valence-electron chi connectivity index (χ4n) is 3.48. The van der Waals surface area contributed by atoms with Crippen molar-refractivity contribution in [3.8, 4) is 0 Å². The lowest BCUT2D eigenvalue weighted by Crippen LogP contribution is -2.68. The summed E-state index contributed by atoms with van der Waals surface area (Å²) in [7, 11) is 0. The minimum atomic E-state index is 0.278. The van der Waals surface area contributed by atoms with Gasteiger partial charge in [-0.25, -0.2) is 0 Å². The fraction of sp³-hybridized carbons (Fsp3) is 1.00. The molecule has 1 aliphatic heterocycles. The van der Waals surface area contributed by atoms with Gasteiger partial charge in [-0.1, -0.05) is 26.7 Å². The van der Waals surface area contributed by atoms with Crippen LogP contribution in [0.1, 0.15) is 60.3 Å². The molecular weight excluding hydrogens is 220 g/mol. The maximum Gasteiger partial charge on any atom is 0.0334 e. The summed E-state index contributed by atoms with van der Waals surface area (Å²) >= 11 is 0. The highest BCUT2D eigenvalue weighted by Crippen LogP contribution is 2.45. The first-order valence-corrected chi connectivity index (χ1v) is 7.91. The Morgan fingerprint density at radius 2 is 1.78 bits per heavy atom. The molecule has 2 rings (SSSR count).